The Morgan fingerprint density at radius 2 is 2.03 bits per heavy atom. The van der Waals surface area contributed by atoms with Gasteiger partial charge in [0.05, 0.1) is 17.9 Å². The normalized spacial score (nSPS) is 19.2. The van der Waals surface area contributed by atoms with Crippen LogP contribution in [0.5, 0.6) is 11.5 Å². The lowest BCUT2D eigenvalue weighted by atomic mass is 9.86. The van der Waals surface area contributed by atoms with Gasteiger partial charge in [-0.1, -0.05) is 6.07 Å². The number of aromatic hydroxyl groups is 1. The van der Waals surface area contributed by atoms with Crippen molar-refractivity contribution in [3.8, 4) is 22.8 Å². The molecular weight excluding hydrogens is 370 g/mol. The number of phenolic OH excluding ortho intramolecular Hbond substituents is 1. The highest BCUT2D eigenvalue weighted by Crippen LogP contribution is 2.42. The first-order valence-corrected chi connectivity index (χ1v) is 10.3. The summed E-state index contributed by atoms with van der Waals surface area (Å²) in [5, 5.41) is 16.8. The zero-order valence-electron chi connectivity index (χ0n) is 16.2. The van der Waals surface area contributed by atoms with E-state index in [0.29, 0.717) is 41.3 Å². The average molecular weight is 395 g/mol. The molecule has 3 aliphatic rings. The predicted octanol–water partition coefficient (Wildman–Crippen LogP) is 3.77. The zero-order valence-corrected chi connectivity index (χ0v) is 16.2. The van der Waals surface area contributed by atoms with E-state index in [9.17, 15) is 9.90 Å². The number of rotatable bonds is 5. The van der Waals surface area contributed by atoms with E-state index in [4.69, 9.17) is 9.47 Å². The van der Waals surface area contributed by atoms with Gasteiger partial charge in [0.25, 0.3) is 0 Å². The van der Waals surface area contributed by atoms with Gasteiger partial charge >= 0.3 is 6.09 Å². The number of phenols is 1. The number of hydrogen-bond acceptors (Lipinski definition) is 6. The van der Waals surface area contributed by atoms with Crippen LogP contribution in [-0.2, 0) is 11.3 Å². The third-order valence-corrected chi connectivity index (χ3v) is 5.94. The summed E-state index contributed by atoms with van der Waals surface area (Å²) in [5.41, 5.74) is 3.24. The summed E-state index contributed by atoms with van der Waals surface area (Å²) in [7, 11) is 0. The number of carbonyl (C=O) groups is 1. The lowest BCUT2D eigenvalue weighted by Gasteiger charge is -2.28. The fourth-order valence-corrected chi connectivity index (χ4v) is 4.13. The van der Waals surface area contributed by atoms with Crippen molar-refractivity contribution in [3.63, 3.8) is 0 Å². The van der Waals surface area contributed by atoms with Crippen LogP contribution in [-0.4, -0.2) is 35.9 Å². The number of cyclic esters (lactones) is 1. The summed E-state index contributed by atoms with van der Waals surface area (Å²) in [6, 6.07) is 7.33. The Balaban J connectivity index is 1.59. The van der Waals surface area contributed by atoms with Crippen LogP contribution in [0.4, 0.5) is 10.6 Å². The monoisotopic (exact) mass is 395 g/mol. The molecule has 0 spiro atoms. The molecule has 0 atom stereocenters. The van der Waals surface area contributed by atoms with Gasteiger partial charge in [0, 0.05) is 5.56 Å². The number of benzene rings is 1. The Labute approximate surface area is 169 Å². The second-order valence-corrected chi connectivity index (χ2v) is 8.05. The van der Waals surface area contributed by atoms with Crippen LogP contribution in [0.2, 0.25) is 0 Å². The van der Waals surface area contributed by atoms with Crippen molar-refractivity contribution >= 4 is 11.9 Å². The summed E-state index contributed by atoms with van der Waals surface area (Å²) in [6.07, 6.45) is 3.90. The minimum atomic E-state index is -0.499. The molecule has 2 aliphatic heterocycles. The van der Waals surface area contributed by atoms with Crippen LogP contribution < -0.4 is 15.4 Å². The number of nitrogens with one attached hydrogen (secondary N) is 2. The third kappa shape index (κ3) is 3.74. The summed E-state index contributed by atoms with van der Waals surface area (Å²) in [4.78, 5) is 16.5. The van der Waals surface area contributed by atoms with Gasteiger partial charge in [0.2, 0.25) is 0 Å². The molecule has 1 aromatic heterocycles. The van der Waals surface area contributed by atoms with E-state index in [0.717, 1.165) is 37.1 Å². The van der Waals surface area contributed by atoms with Crippen LogP contribution in [0.1, 0.15) is 42.7 Å². The van der Waals surface area contributed by atoms with Crippen molar-refractivity contribution in [1.82, 2.24) is 10.3 Å². The maximum atomic E-state index is 11.8. The third-order valence-electron chi connectivity index (χ3n) is 5.94. The van der Waals surface area contributed by atoms with E-state index in [1.54, 1.807) is 12.1 Å². The number of pyridine rings is 1. The second kappa shape index (κ2) is 7.55. The highest BCUT2D eigenvalue weighted by molar-refractivity contribution is 5.88. The molecule has 1 aromatic carbocycles. The first kappa shape index (κ1) is 18.2. The second-order valence-electron chi connectivity index (χ2n) is 8.05. The minimum absolute atomic E-state index is 0.125. The van der Waals surface area contributed by atoms with Crippen LogP contribution >= 0.6 is 0 Å². The Morgan fingerprint density at radius 3 is 2.83 bits per heavy atom. The van der Waals surface area contributed by atoms with Gasteiger partial charge in [-0.2, -0.15) is 0 Å². The number of carbonyl (C=O) groups excluding carboxylic acids is 1. The molecule has 5 rings (SSSR count). The van der Waals surface area contributed by atoms with E-state index < -0.39 is 6.09 Å². The lowest BCUT2D eigenvalue weighted by Crippen LogP contribution is -2.29. The molecule has 29 heavy (non-hydrogen) atoms. The Morgan fingerprint density at radius 1 is 1.21 bits per heavy atom. The quantitative estimate of drug-likeness (QED) is 0.714. The molecule has 0 radical (unpaired) electrons. The van der Waals surface area contributed by atoms with Gasteiger partial charge in [-0.15, -0.1) is 0 Å². The van der Waals surface area contributed by atoms with Gasteiger partial charge in [-0.05, 0) is 74.4 Å². The SMILES string of the molecule is O=C1Nc2nc(-c3c(O)cccc3OCC3CC3)cc(C3CCNCC3)c2CO1. The summed E-state index contributed by atoms with van der Waals surface area (Å²) in [6.45, 7) is 2.78. The number of ether oxygens (including phenoxy) is 2. The first-order valence-electron chi connectivity index (χ1n) is 10.3. The molecule has 1 saturated carbocycles. The first-order chi connectivity index (χ1) is 14.2. The Bertz CT molecular complexity index is 936. The summed E-state index contributed by atoms with van der Waals surface area (Å²) >= 11 is 0. The van der Waals surface area contributed by atoms with Gasteiger partial charge in [0.15, 0.2) is 0 Å². The van der Waals surface area contributed by atoms with Crippen molar-refractivity contribution < 1.29 is 19.4 Å². The molecule has 3 N–H and O–H groups in total. The number of amides is 1. The molecule has 1 saturated heterocycles. The van der Waals surface area contributed by atoms with Crippen LogP contribution in [0.15, 0.2) is 24.3 Å². The Hall–Kier alpha value is -2.80. The van der Waals surface area contributed by atoms with Gasteiger partial charge in [-0.25, -0.2) is 9.78 Å². The predicted molar refractivity (Wildman–Crippen MR) is 108 cm³/mol. The molecule has 1 amide bonds. The van der Waals surface area contributed by atoms with Crippen molar-refractivity contribution in [2.24, 2.45) is 5.92 Å². The van der Waals surface area contributed by atoms with Crippen molar-refractivity contribution in [1.29, 1.82) is 0 Å². The fraction of sp³-hybridized carbons (Fsp3) is 0.455. The standard InChI is InChI=1S/C22H25N3O4/c26-18-2-1-3-19(28-11-13-4-5-13)20(18)17-10-15(14-6-8-23-9-7-14)16-12-29-22(27)25-21(16)24-17/h1-3,10,13-14,23,26H,4-9,11-12H2,(H,24,25,27). The van der Waals surface area contributed by atoms with E-state index >= 15 is 0 Å². The maximum absolute atomic E-state index is 11.8. The van der Waals surface area contributed by atoms with Crippen molar-refractivity contribution in [2.45, 2.75) is 38.2 Å². The molecule has 1 aliphatic carbocycles. The van der Waals surface area contributed by atoms with E-state index in [1.807, 2.05) is 12.1 Å². The summed E-state index contributed by atoms with van der Waals surface area (Å²) < 4.78 is 11.2. The number of hydrogen-bond donors (Lipinski definition) is 3. The molecular formula is C22H25N3O4. The number of fused-ring (bicyclic) bond motifs is 1. The molecule has 152 valence electrons. The summed E-state index contributed by atoms with van der Waals surface area (Å²) in [5.74, 6) is 2.22. The number of aromatic nitrogens is 1. The number of anilines is 1. The zero-order chi connectivity index (χ0) is 19.8. The molecule has 7 nitrogen and oxygen atoms in total. The highest BCUT2D eigenvalue weighted by atomic mass is 16.5. The molecule has 3 heterocycles. The van der Waals surface area contributed by atoms with E-state index in [-0.39, 0.29) is 12.4 Å². The smallest absolute Gasteiger partial charge is 0.413 e. The highest BCUT2D eigenvalue weighted by Gasteiger charge is 2.28. The molecule has 2 fully saturated rings. The maximum Gasteiger partial charge on any atom is 0.413 e. The minimum Gasteiger partial charge on any atom is -0.507 e. The molecule has 7 heteroatoms. The van der Waals surface area contributed by atoms with Gasteiger partial charge in [-0.3, -0.25) is 5.32 Å². The van der Waals surface area contributed by atoms with E-state index in [1.165, 1.54) is 12.8 Å². The largest absolute Gasteiger partial charge is 0.507 e. The lowest BCUT2D eigenvalue weighted by molar-refractivity contribution is 0.150. The van der Waals surface area contributed by atoms with Crippen molar-refractivity contribution in [2.75, 3.05) is 25.0 Å². The van der Waals surface area contributed by atoms with Gasteiger partial charge in [0.1, 0.15) is 23.9 Å². The van der Waals surface area contributed by atoms with Crippen LogP contribution in [0.3, 0.4) is 0 Å². The van der Waals surface area contributed by atoms with Gasteiger partial charge < -0.3 is 19.9 Å². The Kier molecular flexibility index (Phi) is 4.75. The molecule has 0 unspecified atom stereocenters. The molecule has 0 bridgehead atoms. The van der Waals surface area contributed by atoms with E-state index in [2.05, 4.69) is 15.6 Å². The van der Waals surface area contributed by atoms with Crippen LogP contribution in [0, 0.1) is 5.92 Å². The number of piperidine rings is 1. The average Bonchev–Trinajstić information content (AvgIpc) is 3.56. The van der Waals surface area contributed by atoms with Crippen LogP contribution in [0.25, 0.3) is 11.3 Å². The molecule has 2 aromatic rings. The number of nitrogens with zero attached hydrogens (tertiary/aromatic N) is 1. The topological polar surface area (TPSA) is 92.7 Å². The van der Waals surface area contributed by atoms with Crippen molar-refractivity contribution in [3.05, 3.63) is 35.4 Å². The fourth-order valence-electron chi connectivity index (χ4n) is 4.13.